The Balaban J connectivity index is 1.41. The van der Waals surface area contributed by atoms with Gasteiger partial charge >= 0.3 is 0 Å². The maximum atomic E-state index is 13.8. The zero-order valence-corrected chi connectivity index (χ0v) is 20.8. The lowest BCUT2D eigenvalue weighted by Crippen LogP contribution is -2.46. The summed E-state index contributed by atoms with van der Waals surface area (Å²) in [4.78, 5) is 29.9. The van der Waals surface area contributed by atoms with Crippen LogP contribution in [0.5, 0.6) is 0 Å². The summed E-state index contributed by atoms with van der Waals surface area (Å²) in [7, 11) is 0. The summed E-state index contributed by atoms with van der Waals surface area (Å²) in [6.45, 7) is 1.55. The van der Waals surface area contributed by atoms with E-state index in [2.05, 4.69) is 15.6 Å². The van der Waals surface area contributed by atoms with E-state index in [0.29, 0.717) is 19.5 Å². The van der Waals surface area contributed by atoms with Crippen LogP contribution in [0.25, 0.3) is 11.0 Å². The van der Waals surface area contributed by atoms with E-state index >= 15 is 0 Å². The molecule has 5 rings (SSSR count). The van der Waals surface area contributed by atoms with E-state index in [0.717, 1.165) is 40.9 Å². The molecule has 1 aliphatic rings. The minimum Gasteiger partial charge on any atom is -0.376 e. The Labute approximate surface area is 213 Å². The van der Waals surface area contributed by atoms with Crippen molar-refractivity contribution in [2.75, 3.05) is 19.7 Å². The predicted molar refractivity (Wildman–Crippen MR) is 138 cm³/mol. The van der Waals surface area contributed by atoms with Gasteiger partial charge in [0.25, 0.3) is 0 Å². The number of thiophene rings is 1. The van der Waals surface area contributed by atoms with Gasteiger partial charge < -0.3 is 15.0 Å². The van der Waals surface area contributed by atoms with Crippen molar-refractivity contribution in [2.45, 2.75) is 38.0 Å². The molecule has 8 nitrogen and oxygen atoms in total. The summed E-state index contributed by atoms with van der Waals surface area (Å²) in [6, 6.07) is 20.6. The smallest absolute Gasteiger partial charge is 0.248 e. The Morgan fingerprint density at radius 3 is 2.72 bits per heavy atom. The normalized spacial score (nSPS) is 16.2. The molecule has 0 aliphatic carbocycles. The molecule has 0 spiro atoms. The predicted octanol–water partition coefficient (Wildman–Crippen LogP) is 3.60. The molecule has 36 heavy (non-hydrogen) atoms. The first-order valence-electron chi connectivity index (χ1n) is 12.2. The van der Waals surface area contributed by atoms with Gasteiger partial charge in [0.15, 0.2) is 0 Å². The first kappa shape index (κ1) is 24.1. The summed E-state index contributed by atoms with van der Waals surface area (Å²) < 4.78 is 7.29. The molecule has 186 valence electrons. The van der Waals surface area contributed by atoms with Crippen LogP contribution >= 0.6 is 11.3 Å². The van der Waals surface area contributed by atoms with Crippen LogP contribution in [0.3, 0.4) is 0 Å². The molecular weight excluding hydrogens is 474 g/mol. The van der Waals surface area contributed by atoms with Crippen LogP contribution in [0.2, 0.25) is 0 Å². The van der Waals surface area contributed by atoms with E-state index in [9.17, 15) is 9.59 Å². The SMILES string of the molecule is O=C(NC[C@H]1CCCO1)[C@@H](c1cccs1)N(CCc1ccccc1)C(=O)Cn1nnc2ccccc21. The Bertz CT molecular complexity index is 1290. The number of hydrogen-bond donors (Lipinski definition) is 1. The first-order chi connectivity index (χ1) is 17.7. The topological polar surface area (TPSA) is 89.4 Å². The Kier molecular flexibility index (Phi) is 7.68. The maximum absolute atomic E-state index is 13.8. The summed E-state index contributed by atoms with van der Waals surface area (Å²) in [6.07, 6.45) is 2.58. The molecule has 9 heteroatoms. The molecule has 1 fully saturated rings. The van der Waals surface area contributed by atoms with Gasteiger partial charge in [-0.1, -0.05) is 53.7 Å². The number of fused-ring (bicyclic) bond motifs is 1. The van der Waals surface area contributed by atoms with E-state index in [-0.39, 0.29) is 24.5 Å². The number of carbonyl (C=O) groups is 2. The van der Waals surface area contributed by atoms with Gasteiger partial charge in [-0.2, -0.15) is 0 Å². The highest BCUT2D eigenvalue weighted by Crippen LogP contribution is 2.27. The second kappa shape index (κ2) is 11.5. The standard InChI is InChI=1S/C27H29N5O3S/c33-25(19-32-23-12-5-4-11-22(23)29-30-32)31(15-14-20-8-2-1-3-9-20)26(24-13-7-17-36-24)27(34)28-18-21-10-6-16-35-21/h1-5,7-9,11-13,17,21,26H,6,10,14-16,18-19H2,(H,28,34)/t21-,26-/m1/s1. The number of nitrogens with one attached hydrogen (secondary N) is 1. The number of hydrogen-bond acceptors (Lipinski definition) is 6. The lowest BCUT2D eigenvalue weighted by molar-refractivity contribution is -0.141. The second-order valence-electron chi connectivity index (χ2n) is 8.86. The van der Waals surface area contributed by atoms with E-state index in [1.54, 1.807) is 9.58 Å². The van der Waals surface area contributed by atoms with Crippen molar-refractivity contribution in [1.82, 2.24) is 25.2 Å². The molecule has 2 aromatic carbocycles. The number of para-hydroxylation sites is 1. The van der Waals surface area contributed by atoms with Crippen LogP contribution in [0, 0.1) is 0 Å². The van der Waals surface area contributed by atoms with Crippen molar-refractivity contribution in [2.24, 2.45) is 0 Å². The molecule has 2 amide bonds. The van der Waals surface area contributed by atoms with Crippen LogP contribution in [0.1, 0.15) is 29.3 Å². The Morgan fingerprint density at radius 1 is 1.11 bits per heavy atom. The third kappa shape index (κ3) is 5.63. The van der Waals surface area contributed by atoms with Crippen molar-refractivity contribution >= 4 is 34.2 Å². The zero-order valence-electron chi connectivity index (χ0n) is 20.0. The van der Waals surface area contributed by atoms with Crippen molar-refractivity contribution in [3.8, 4) is 0 Å². The van der Waals surface area contributed by atoms with Crippen molar-refractivity contribution in [1.29, 1.82) is 0 Å². The van der Waals surface area contributed by atoms with E-state index < -0.39 is 6.04 Å². The molecule has 0 radical (unpaired) electrons. The van der Waals surface area contributed by atoms with Crippen LogP contribution in [-0.2, 0) is 27.3 Å². The highest BCUT2D eigenvalue weighted by atomic mass is 32.1. The molecule has 0 saturated carbocycles. The number of aromatic nitrogens is 3. The summed E-state index contributed by atoms with van der Waals surface area (Å²) in [5.41, 5.74) is 2.61. The molecule has 0 bridgehead atoms. The Morgan fingerprint density at radius 2 is 1.94 bits per heavy atom. The minimum atomic E-state index is -0.739. The van der Waals surface area contributed by atoms with Crippen LogP contribution in [0.15, 0.2) is 72.1 Å². The van der Waals surface area contributed by atoms with Gasteiger partial charge in [-0.25, -0.2) is 4.68 Å². The minimum absolute atomic E-state index is 0.00378. The number of amides is 2. The first-order valence-corrected chi connectivity index (χ1v) is 13.1. The van der Waals surface area contributed by atoms with Crippen molar-refractivity contribution in [3.63, 3.8) is 0 Å². The lowest BCUT2D eigenvalue weighted by atomic mass is 10.1. The van der Waals surface area contributed by atoms with Gasteiger partial charge in [0, 0.05) is 24.6 Å². The summed E-state index contributed by atoms with van der Waals surface area (Å²) >= 11 is 1.47. The van der Waals surface area contributed by atoms with E-state index in [1.165, 1.54) is 11.3 Å². The number of rotatable bonds is 10. The summed E-state index contributed by atoms with van der Waals surface area (Å²) in [5.74, 6) is -0.384. The van der Waals surface area contributed by atoms with Crippen molar-refractivity contribution < 1.29 is 14.3 Å². The quantitative estimate of drug-likeness (QED) is 0.357. The van der Waals surface area contributed by atoms with Gasteiger partial charge in [0.1, 0.15) is 18.1 Å². The lowest BCUT2D eigenvalue weighted by Gasteiger charge is -2.31. The maximum Gasteiger partial charge on any atom is 0.248 e. The molecule has 1 N–H and O–H groups in total. The van der Waals surface area contributed by atoms with Gasteiger partial charge in [-0.05, 0) is 48.4 Å². The fourth-order valence-corrected chi connectivity index (χ4v) is 5.37. The van der Waals surface area contributed by atoms with Crippen molar-refractivity contribution in [3.05, 3.63) is 82.6 Å². The number of nitrogens with zero attached hydrogens (tertiary/aromatic N) is 4. The van der Waals surface area contributed by atoms with Crippen LogP contribution < -0.4 is 5.32 Å². The number of carbonyl (C=O) groups excluding carboxylic acids is 2. The molecule has 3 heterocycles. The molecule has 1 saturated heterocycles. The van der Waals surface area contributed by atoms with Gasteiger partial charge in [0.05, 0.1) is 11.6 Å². The molecule has 2 atom stereocenters. The van der Waals surface area contributed by atoms with Crippen LogP contribution in [-0.4, -0.2) is 57.5 Å². The van der Waals surface area contributed by atoms with Gasteiger partial charge in [-0.3, -0.25) is 9.59 Å². The fourth-order valence-electron chi connectivity index (χ4n) is 4.53. The second-order valence-corrected chi connectivity index (χ2v) is 9.84. The third-order valence-electron chi connectivity index (χ3n) is 6.41. The molecule has 2 aromatic heterocycles. The summed E-state index contributed by atoms with van der Waals surface area (Å²) in [5, 5.41) is 13.4. The largest absolute Gasteiger partial charge is 0.376 e. The van der Waals surface area contributed by atoms with E-state index in [4.69, 9.17) is 4.74 Å². The Hall–Kier alpha value is -3.56. The molecule has 0 unspecified atom stereocenters. The average molecular weight is 504 g/mol. The molecule has 1 aliphatic heterocycles. The van der Waals surface area contributed by atoms with Gasteiger partial charge in [-0.15, -0.1) is 16.4 Å². The molecular formula is C27H29N5O3S. The van der Waals surface area contributed by atoms with Crippen LogP contribution in [0.4, 0.5) is 0 Å². The zero-order chi connectivity index (χ0) is 24.7. The average Bonchev–Trinajstić information content (AvgIpc) is 3.69. The highest BCUT2D eigenvalue weighted by molar-refractivity contribution is 7.10. The highest BCUT2D eigenvalue weighted by Gasteiger charge is 2.33. The number of benzene rings is 2. The third-order valence-corrected chi connectivity index (χ3v) is 7.34. The van der Waals surface area contributed by atoms with Gasteiger partial charge in [0.2, 0.25) is 11.8 Å². The number of ether oxygens (including phenoxy) is 1. The molecule has 4 aromatic rings. The fraction of sp³-hybridized carbons (Fsp3) is 0.333. The monoisotopic (exact) mass is 503 g/mol. The van der Waals surface area contributed by atoms with E-state index in [1.807, 2.05) is 72.1 Å².